The van der Waals surface area contributed by atoms with E-state index in [4.69, 9.17) is 33.7 Å². The van der Waals surface area contributed by atoms with Crippen LogP contribution in [0.3, 0.4) is 0 Å². The molecule has 0 fully saturated rings. The normalized spacial score (nSPS) is 9.93. The number of aromatic nitrogens is 2. The molecular weight excluding hydrogens is 229 g/mol. The first-order valence-corrected chi connectivity index (χ1v) is 4.47. The molecule has 0 aliphatic heterocycles. The topological polar surface area (TPSA) is 78.1 Å². The number of carbonyl (C=O) groups is 1. The van der Waals surface area contributed by atoms with Crippen LogP contribution in [0.1, 0.15) is 17.3 Å². The molecule has 0 aliphatic carbocycles. The second-order valence-electron chi connectivity index (χ2n) is 2.26. The van der Waals surface area contributed by atoms with Crippen molar-refractivity contribution in [2.24, 2.45) is 0 Å². The van der Waals surface area contributed by atoms with E-state index in [1.165, 1.54) is 0 Å². The second-order valence-corrected chi connectivity index (χ2v) is 2.97. The van der Waals surface area contributed by atoms with Crippen LogP contribution in [-0.2, 0) is 4.74 Å². The summed E-state index contributed by atoms with van der Waals surface area (Å²) in [4.78, 5) is 18.5. The molecule has 7 heteroatoms. The van der Waals surface area contributed by atoms with Crippen LogP contribution in [0.5, 0.6) is 0 Å². The molecule has 0 amide bonds. The molecule has 0 atom stereocenters. The van der Waals surface area contributed by atoms with Crippen molar-refractivity contribution in [3.63, 3.8) is 0 Å². The molecule has 0 spiro atoms. The number of anilines is 1. The molecule has 2 N–H and O–H groups in total. The van der Waals surface area contributed by atoms with Crippen LogP contribution in [-0.4, -0.2) is 22.5 Å². The van der Waals surface area contributed by atoms with Gasteiger partial charge in [-0.3, -0.25) is 0 Å². The maximum atomic E-state index is 11.3. The van der Waals surface area contributed by atoms with E-state index in [1.807, 2.05) is 0 Å². The van der Waals surface area contributed by atoms with E-state index >= 15 is 0 Å². The SMILES string of the molecule is CCOC(=O)c1c(Cl)nc(N)nc1Cl. The minimum absolute atomic E-state index is 0.0654. The van der Waals surface area contributed by atoms with Gasteiger partial charge in [-0.05, 0) is 6.92 Å². The lowest BCUT2D eigenvalue weighted by Crippen LogP contribution is -2.09. The van der Waals surface area contributed by atoms with Crippen molar-refractivity contribution < 1.29 is 9.53 Å². The Balaban J connectivity index is 3.14. The van der Waals surface area contributed by atoms with E-state index in [9.17, 15) is 4.79 Å². The Hall–Kier alpha value is -1.07. The van der Waals surface area contributed by atoms with Crippen LogP contribution >= 0.6 is 23.2 Å². The highest BCUT2D eigenvalue weighted by Crippen LogP contribution is 2.22. The van der Waals surface area contributed by atoms with Crippen molar-refractivity contribution in [3.05, 3.63) is 15.9 Å². The average Bonchev–Trinajstić information content (AvgIpc) is 2.01. The lowest BCUT2D eigenvalue weighted by molar-refractivity contribution is 0.0526. The lowest BCUT2D eigenvalue weighted by atomic mass is 10.3. The van der Waals surface area contributed by atoms with Gasteiger partial charge in [0.1, 0.15) is 5.56 Å². The fourth-order valence-corrected chi connectivity index (χ4v) is 1.35. The summed E-state index contributed by atoms with van der Waals surface area (Å²) < 4.78 is 4.70. The van der Waals surface area contributed by atoms with Crippen LogP contribution in [0.2, 0.25) is 10.3 Å². The third-order valence-corrected chi connectivity index (χ3v) is 1.86. The summed E-state index contributed by atoms with van der Waals surface area (Å²) in [6.45, 7) is 1.88. The summed E-state index contributed by atoms with van der Waals surface area (Å²) in [7, 11) is 0. The Morgan fingerprint density at radius 2 is 1.93 bits per heavy atom. The number of hydrogen-bond donors (Lipinski definition) is 1. The quantitative estimate of drug-likeness (QED) is 0.622. The minimum Gasteiger partial charge on any atom is -0.462 e. The Labute approximate surface area is 90.2 Å². The molecule has 76 valence electrons. The fraction of sp³-hybridized carbons (Fsp3) is 0.286. The first kappa shape index (κ1) is 11.0. The highest BCUT2D eigenvalue weighted by atomic mass is 35.5. The average molecular weight is 236 g/mol. The van der Waals surface area contributed by atoms with Gasteiger partial charge >= 0.3 is 5.97 Å². The highest BCUT2D eigenvalue weighted by Gasteiger charge is 2.19. The minimum atomic E-state index is -0.664. The van der Waals surface area contributed by atoms with Crippen LogP contribution in [0, 0.1) is 0 Å². The number of nitrogen functional groups attached to an aromatic ring is 1. The van der Waals surface area contributed by atoms with E-state index < -0.39 is 5.97 Å². The predicted molar refractivity (Wildman–Crippen MR) is 52.4 cm³/mol. The van der Waals surface area contributed by atoms with Crippen molar-refractivity contribution >= 4 is 35.1 Å². The molecule has 0 saturated carbocycles. The van der Waals surface area contributed by atoms with Gasteiger partial charge in [-0.15, -0.1) is 0 Å². The zero-order valence-corrected chi connectivity index (χ0v) is 8.76. The number of rotatable bonds is 2. The van der Waals surface area contributed by atoms with Gasteiger partial charge in [-0.1, -0.05) is 23.2 Å². The van der Waals surface area contributed by atoms with Gasteiger partial charge in [0.2, 0.25) is 5.95 Å². The van der Waals surface area contributed by atoms with Gasteiger partial charge in [-0.25, -0.2) is 14.8 Å². The van der Waals surface area contributed by atoms with Gasteiger partial charge in [0.25, 0.3) is 0 Å². The Bertz CT molecular complexity index is 347. The first-order valence-electron chi connectivity index (χ1n) is 3.72. The Morgan fingerprint density at radius 1 is 1.43 bits per heavy atom. The molecule has 1 aromatic heterocycles. The maximum Gasteiger partial charge on any atom is 0.344 e. The molecule has 0 saturated heterocycles. The third-order valence-electron chi connectivity index (χ3n) is 1.32. The number of esters is 1. The second kappa shape index (κ2) is 4.43. The van der Waals surface area contributed by atoms with Gasteiger partial charge in [-0.2, -0.15) is 0 Å². The van der Waals surface area contributed by atoms with Gasteiger partial charge in [0.05, 0.1) is 6.61 Å². The number of nitrogens with zero attached hydrogens (tertiary/aromatic N) is 2. The maximum absolute atomic E-state index is 11.3. The molecular formula is C7H7Cl2N3O2. The molecule has 0 aromatic carbocycles. The number of hydrogen-bond acceptors (Lipinski definition) is 5. The number of halogens is 2. The van der Waals surface area contributed by atoms with E-state index in [-0.39, 0.29) is 28.4 Å². The summed E-state index contributed by atoms with van der Waals surface area (Å²) in [5, 5.41) is -0.220. The zero-order chi connectivity index (χ0) is 10.7. The molecule has 5 nitrogen and oxygen atoms in total. The van der Waals surface area contributed by atoms with Crippen LogP contribution in [0.25, 0.3) is 0 Å². The molecule has 1 heterocycles. The van der Waals surface area contributed by atoms with Gasteiger partial charge < -0.3 is 10.5 Å². The van der Waals surface area contributed by atoms with E-state index in [0.717, 1.165) is 0 Å². The Morgan fingerprint density at radius 3 is 2.36 bits per heavy atom. The number of ether oxygens (including phenoxy) is 1. The monoisotopic (exact) mass is 235 g/mol. The number of nitrogens with two attached hydrogens (primary N) is 1. The molecule has 0 radical (unpaired) electrons. The van der Waals surface area contributed by atoms with Gasteiger partial charge in [0, 0.05) is 0 Å². The van der Waals surface area contributed by atoms with Crippen molar-refractivity contribution in [2.75, 3.05) is 12.3 Å². The van der Waals surface area contributed by atoms with Crippen LogP contribution in [0.4, 0.5) is 5.95 Å². The molecule has 14 heavy (non-hydrogen) atoms. The molecule has 0 aliphatic rings. The van der Waals surface area contributed by atoms with Crippen molar-refractivity contribution in [2.45, 2.75) is 6.92 Å². The largest absolute Gasteiger partial charge is 0.462 e. The summed E-state index contributed by atoms with van der Waals surface area (Å²) >= 11 is 11.3. The standard InChI is InChI=1S/C7H7Cl2N3O2/c1-2-14-6(13)3-4(8)11-7(10)12-5(3)9/h2H2,1H3,(H2,10,11,12). The Kier molecular flexibility index (Phi) is 3.49. The van der Waals surface area contributed by atoms with Crippen molar-refractivity contribution in [3.8, 4) is 0 Å². The lowest BCUT2D eigenvalue weighted by Gasteiger charge is -2.04. The van der Waals surface area contributed by atoms with E-state index in [1.54, 1.807) is 6.92 Å². The van der Waals surface area contributed by atoms with Crippen molar-refractivity contribution in [1.82, 2.24) is 9.97 Å². The third kappa shape index (κ3) is 2.24. The van der Waals surface area contributed by atoms with Crippen molar-refractivity contribution in [1.29, 1.82) is 0 Å². The van der Waals surface area contributed by atoms with E-state index in [0.29, 0.717) is 0 Å². The van der Waals surface area contributed by atoms with Crippen LogP contribution < -0.4 is 5.73 Å². The predicted octanol–water partition coefficient (Wildman–Crippen LogP) is 1.54. The summed E-state index contributed by atoms with van der Waals surface area (Å²) in [6, 6.07) is 0. The molecule has 0 bridgehead atoms. The molecule has 1 aromatic rings. The molecule has 1 rings (SSSR count). The molecule has 0 unspecified atom stereocenters. The zero-order valence-electron chi connectivity index (χ0n) is 7.25. The smallest absolute Gasteiger partial charge is 0.344 e. The fourth-order valence-electron chi connectivity index (χ4n) is 0.795. The van der Waals surface area contributed by atoms with Crippen LogP contribution in [0.15, 0.2) is 0 Å². The summed E-state index contributed by atoms with van der Waals surface area (Å²) in [5.41, 5.74) is 5.19. The van der Waals surface area contributed by atoms with E-state index in [2.05, 4.69) is 9.97 Å². The highest BCUT2D eigenvalue weighted by molar-refractivity contribution is 6.38. The first-order chi connectivity index (χ1) is 6.56. The number of carbonyl (C=O) groups excluding carboxylic acids is 1. The summed E-state index contributed by atoms with van der Waals surface area (Å²) in [5.74, 6) is -0.754. The van der Waals surface area contributed by atoms with Gasteiger partial charge in [0.15, 0.2) is 10.3 Å². The summed E-state index contributed by atoms with van der Waals surface area (Å²) in [6.07, 6.45) is 0.